The van der Waals surface area contributed by atoms with Crippen molar-refractivity contribution in [3.05, 3.63) is 57.0 Å². The second-order valence-electron chi connectivity index (χ2n) is 4.13. The van der Waals surface area contributed by atoms with Gasteiger partial charge in [0.05, 0.1) is 15.1 Å². The van der Waals surface area contributed by atoms with Crippen LogP contribution in [0.1, 0.15) is 16.1 Å². The van der Waals surface area contributed by atoms with E-state index in [0.717, 1.165) is 12.3 Å². The minimum atomic E-state index is -4.64. The molecule has 0 atom stereocenters. The van der Waals surface area contributed by atoms with E-state index in [9.17, 15) is 22.4 Å². The van der Waals surface area contributed by atoms with E-state index in [-0.39, 0.29) is 20.7 Å². The van der Waals surface area contributed by atoms with Gasteiger partial charge < -0.3 is 5.32 Å². The first-order chi connectivity index (χ1) is 10.2. The maximum atomic E-state index is 13.4. The van der Waals surface area contributed by atoms with Crippen LogP contribution in [0.5, 0.6) is 0 Å². The Morgan fingerprint density at radius 3 is 2.59 bits per heavy atom. The number of carbonyl (C=O) groups is 1. The molecule has 1 aromatic heterocycles. The maximum Gasteiger partial charge on any atom is 0.433 e. The molecule has 0 aliphatic rings. The predicted octanol–water partition coefficient (Wildman–Crippen LogP) is 4.91. The van der Waals surface area contributed by atoms with Gasteiger partial charge in [0.2, 0.25) is 0 Å². The number of aromatic nitrogens is 1. The van der Waals surface area contributed by atoms with E-state index in [2.05, 4.69) is 26.2 Å². The predicted molar refractivity (Wildman–Crippen MR) is 76.3 cm³/mol. The summed E-state index contributed by atoms with van der Waals surface area (Å²) in [6, 6.07) is 3.91. The van der Waals surface area contributed by atoms with Crippen LogP contribution < -0.4 is 5.32 Å². The van der Waals surface area contributed by atoms with Crippen molar-refractivity contribution in [2.45, 2.75) is 6.18 Å². The molecule has 1 amide bonds. The highest BCUT2D eigenvalue weighted by atomic mass is 79.9. The fourth-order valence-electron chi connectivity index (χ4n) is 1.56. The number of pyridine rings is 1. The van der Waals surface area contributed by atoms with Gasteiger partial charge in [-0.25, -0.2) is 4.39 Å². The van der Waals surface area contributed by atoms with Crippen LogP contribution in [0.3, 0.4) is 0 Å². The Labute approximate surface area is 135 Å². The lowest BCUT2D eigenvalue weighted by Gasteiger charge is -2.10. The van der Waals surface area contributed by atoms with Crippen LogP contribution in [-0.4, -0.2) is 10.9 Å². The van der Waals surface area contributed by atoms with Crippen molar-refractivity contribution in [1.29, 1.82) is 0 Å². The number of benzene rings is 1. The molecule has 22 heavy (non-hydrogen) atoms. The third kappa shape index (κ3) is 3.75. The molecule has 0 bridgehead atoms. The van der Waals surface area contributed by atoms with E-state index in [1.807, 2.05) is 0 Å². The zero-order valence-corrected chi connectivity index (χ0v) is 12.9. The summed E-state index contributed by atoms with van der Waals surface area (Å²) in [6.07, 6.45) is -3.73. The standard InChI is InChI=1S/C13H6BrClF4N2O/c14-8-5-9(15)7(4-10(8)16)12(22)21-6-1-2-20-11(3-6)13(17,18)19/h1-5H,(H,20,21,22). The minimum absolute atomic E-state index is 0.0455. The molecule has 0 radical (unpaired) electrons. The SMILES string of the molecule is O=C(Nc1ccnc(C(F)(F)F)c1)c1cc(F)c(Br)cc1Cl. The van der Waals surface area contributed by atoms with Gasteiger partial charge in [-0.05, 0) is 40.2 Å². The third-order valence-corrected chi connectivity index (χ3v) is 3.48. The molecule has 0 aliphatic heterocycles. The van der Waals surface area contributed by atoms with Gasteiger partial charge >= 0.3 is 6.18 Å². The molecule has 0 saturated heterocycles. The number of nitrogens with one attached hydrogen (secondary N) is 1. The molecule has 0 aliphatic carbocycles. The molecule has 0 saturated carbocycles. The van der Waals surface area contributed by atoms with E-state index < -0.39 is 23.6 Å². The molecule has 0 fully saturated rings. The fraction of sp³-hybridized carbons (Fsp3) is 0.0769. The molecule has 116 valence electrons. The molecule has 0 unspecified atom stereocenters. The third-order valence-electron chi connectivity index (χ3n) is 2.56. The number of nitrogens with zero attached hydrogens (tertiary/aromatic N) is 1. The van der Waals surface area contributed by atoms with Crippen LogP contribution in [0.2, 0.25) is 5.02 Å². The van der Waals surface area contributed by atoms with Crippen molar-refractivity contribution in [1.82, 2.24) is 4.98 Å². The highest BCUT2D eigenvalue weighted by Crippen LogP contribution is 2.29. The zero-order chi connectivity index (χ0) is 16.5. The smallest absolute Gasteiger partial charge is 0.322 e. The second kappa shape index (κ2) is 6.21. The van der Waals surface area contributed by atoms with Gasteiger partial charge in [-0.15, -0.1) is 0 Å². The average Bonchev–Trinajstić information content (AvgIpc) is 2.42. The summed E-state index contributed by atoms with van der Waals surface area (Å²) in [6.45, 7) is 0. The molecule has 2 aromatic rings. The normalized spacial score (nSPS) is 11.4. The Bertz CT molecular complexity index is 736. The molecule has 2 rings (SSSR count). The van der Waals surface area contributed by atoms with Gasteiger partial charge in [0, 0.05) is 11.9 Å². The molecule has 3 nitrogen and oxygen atoms in total. The molecule has 9 heteroatoms. The van der Waals surface area contributed by atoms with Crippen LogP contribution in [-0.2, 0) is 6.18 Å². The Morgan fingerprint density at radius 2 is 1.95 bits per heavy atom. The number of amides is 1. The maximum absolute atomic E-state index is 13.4. The van der Waals surface area contributed by atoms with Crippen LogP contribution in [0.15, 0.2) is 34.9 Å². The first kappa shape index (κ1) is 16.7. The summed E-state index contributed by atoms with van der Waals surface area (Å²) in [4.78, 5) is 15.1. The lowest BCUT2D eigenvalue weighted by Crippen LogP contribution is -2.14. The number of hydrogen-bond acceptors (Lipinski definition) is 2. The highest BCUT2D eigenvalue weighted by molar-refractivity contribution is 9.10. The van der Waals surface area contributed by atoms with E-state index in [0.29, 0.717) is 6.07 Å². The Balaban J connectivity index is 2.28. The number of alkyl halides is 3. The van der Waals surface area contributed by atoms with Crippen LogP contribution in [0, 0.1) is 5.82 Å². The molecule has 0 spiro atoms. The summed E-state index contributed by atoms with van der Waals surface area (Å²) < 4.78 is 51.1. The minimum Gasteiger partial charge on any atom is -0.322 e. The number of carbonyl (C=O) groups excluding carboxylic acids is 1. The molecule has 1 N–H and O–H groups in total. The van der Waals surface area contributed by atoms with E-state index in [4.69, 9.17) is 11.6 Å². The number of rotatable bonds is 2. The van der Waals surface area contributed by atoms with Gasteiger partial charge in [-0.3, -0.25) is 9.78 Å². The van der Waals surface area contributed by atoms with Gasteiger partial charge in [-0.2, -0.15) is 13.2 Å². The number of anilines is 1. The fourth-order valence-corrected chi connectivity index (χ4v) is 2.28. The van der Waals surface area contributed by atoms with E-state index in [1.165, 1.54) is 12.1 Å². The summed E-state index contributed by atoms with van der Waals surface area (Å²) >= 11 is 8.72. The second-order valence-corrected chi connectivity index (χ2v) is 5.39. The Kier molecular flexibility index (Phi) is 4.72. The topological polar surface area (TPSA) is 42.0 Å². The van der Waals surface area contributed by atoms with E-state index in [1.54, 1.807) is 0 Å². The Hall–Kier alpha value is -1.67. The number of hydrogen-bond donors (Lipinski definition) is 1. The Morgan fingerprint density at radius 1 is 1.27 bits per heavy atom. The van der Waals surface area contributed by atoms with Gasteiger partial charge in [-0.1, -0.05) is 11.6 Å². The van der Waals surface area contributed by atoms with E-state index >= 15 is 0 Å². The summed E-state index contributed by atoms with van der Waals surface area (Å²) in [5.74, 6) is -1.56. The van der Waals surface area contributed by atoms with Crippen LogP contribution in [0.25, 0.3) is 0 Å². The van der Waals surface area contributed by atoms with Crippen LogP contribution in [0.4, 0.5) is 23.2 Å². The molecular formula is C13H6BrClF4N2O. The van der Waals surface area contributed by atoms with Crippen LogP contribution >= 0.6 is 27.5 Å². The van der Waals surface area contributed by atoms with Crippen molar-refractivity contribution in [2.75, 3.05) is 5.32 Å². The van der Waals surface area contributed by atoms with Crippen molar-refractivity contribution < 1.29 is 22.4 Å². The molecule has 1 heterocycles. The van der Waals surface area contributed by atoms with Gasteiger partial charge in [0.25, 0.3) is 5.91 Å². The largest absolute Gasteiger partial charge is 0.433 e. The summed E-state index contributed by atoms with van der Waals surface area (Å²) in [5, 5.41) is 2.17. The molecular weight excluding hydrogens is 392 g/mol. The number of halogens is 6. The summed E-state index contributed by atoms with van der Waals surface area (Å²) in [7, 11) is 0. The van der Waals surface area contributed by atoms with Crippen molar-refractivity contribution in [3.8, 4) is 0 Å². The van der Waals surface area contributed by atoms with Gasteiger partial charge in [0.15, 0.2) is 0 Å². The first-order valence-corrected chi connectivity index (χ1v) is 6.84. The quantitative estimate of drug-likeness (QED) is 0.578. The highest BCUT2D eigenvalue weighted by Gasteiger charge is 2.32. The monoisotopic (exact) mass is 396 g/mol. The van der Waals surface area contributed by atoms with Crippen molar-refractivity contribution in [3.63, 3.8) is 0 Å². The first-order valence-electron chi connectivity index (χ1n) is 5.67. The van der Waals surface area contributed by atoms with Gasteiger partial charge in [0.1, 0.15) is 11.5 Å². The lowest BCUT2D eigenvalue weighted by atomic mass is 10.2. The summed E-state index contributed by atoms with van der Waals surface area (Å²) in [5.41, 5.74) is -1.49. The van der Waals surface area contributed by atoms with Crippen molar-refractivity contribution in [2.24, 2.45) is 0 Å². The average molecular weight is 398 g/mol. The molecule has 1 aromatic carbocycles. The van der Waals surface area contributed by atoms with Crippen molar-refractivity contribution >= 4 is 39.1 Å². The zero-order valence-electron chi connectivity index (χ0n) is 10.5. The lowest BCUT2D eigenvalue weighted by molar-refractivity contribution is -0.141.